The fourth-order valence-electron chi connectivity index (χ4n) is 3.71. The third-order valence-corrected chi connectivity index (χ3v) is 7.26. The molecule has 1 fully saturated rings. The molecule has 9 nitrogen and oxygen atoms in total. The van der Waals surface area contributed by atoms with Gasteiger partial charge in [0.1, 0.15) is 12.3 Å². The summed E-state index contributed by atoms with van der Waals surface area (Å²) < 4.78 is 31.0. The van der Waals surface area contributed by atoms with Gasteiger partial charge in [-0.3, -0.25) is 10.1 Å². The molecule has 3 rings (SSSR count). The number of carbonyl (C=O) groups is 1. The Morgan fingerprint density at radius 3 is 2.66 bits per heavy atom. The summed E-state index contributed by atoms with van der Waals surface area (Å²) in [5.41, 5.74) is 0.935. The summed E-state index contributed by atoms with van der Waals surface area (Å²) in [5.74, 6) is -0.271. The molecule has 0 spiro atoms. The van der Waals surface area contributed by atoms with Crippen LogP contribution >= 0.6 is 0 Å². The Morgan fingerprint density at radius 1 is 1.25 bits per heavy atom. The maximum absolute atomic E-state index is 12.5. The number of nitro benzene ring substituents is 1. The fourth-order valence-corrected chi connectivity index (χ4v) is 4.68. The number of carbonyl (C=O) groups excluding carboxylic acids is 1. The van der Waals surface area contributed by atoms with Crippen LogP contribution in [0.1, 0.15) is 35.7 Å². The van der Waals surface area contributed by atoms with Gasteiger partial charge in [-0.1, -0.05) is 19.1 Å². The zero-order valence-electron chi connectivity index (χ0n) is 18.4. The topological polar surface area (TPSA) is 110 Å². The smallest absolute Gasteiger partial charge is 0.338 e. The minimum atomic E-state index is -3.61. The number of benzene rings is 2. The van der Waals surface area contributed by atoms with E-state index in [1.807, 2.05) is 4.90 Å². The van der Waals surface area contributed by atoms with Gasteiger partial charge in [0.2, 0.25) is 10.0 Å². The van der Waals surface area contributed by atoms with E-state index in [-0.39, 0.29) is 22.8 Å². The lowest BCUT2D eigenvalue weighted by molar-refractivity contribution is -0.384. The monoisotopic (exact) mass is 461 g/mol. The van der Waals surface area contributed by atoms with Crippen molar-refractivity contribution in [2.75, 3.05) is 32.1 Å². The van der Waals surface area contributed by atoms with Crippen molar-refractivity contribution in [2.45, 2.75) is 31.3 Å². The van der Waals surface area contributed by atoms with Crippen molar-refractivity contribution in [3.63, 3.8) is 0 Å². The second-order valence-electron chi connectivity index (χ2n) is 8.16. The predicted octanol–water partition coefficient (Wildman–Crippen LogP) is 3.44. The number of esters is 1. The molecule has 10 heteroatoms. The lowest BCUT2D eigenvalue weighted by atomic mass is 9.99. The lowest BCUT2D eigenvalue weighted by Gasteiger charge is -2.32. The lowest BCUT2D eigenvalue weighted by Crippen LogP contribution is -2.34. The van der Waals surface area contributed by atoms with Gasteiger partial charge in [0.15, 0.2) is 0 Å². The highest BCUT2D eigenvalue weighted by atomic mass is 32.2. The number of nitro groups is 1. The summed E-state index contributed by atoms with van der Waals surface area (Å²) >= 11 is 0. The molecule has 1 atom stereocenters. The maximum Gasteiger partial charge on any atom is 0.338 e. The first-order chi connectivity index (χ1) is 15.1. The molecule has 2 aromatic carbocycles. The minimum Gasteiger partial charge on any atom is -0.457 e. The molecule has 1 saturated heterocycles. The second-order valence-corrected chi connectivity index (χ2v) is 10.3. The molecule has 0 radical (unpaired) electrons. The summed E-state index contributed by atoms with van der Waals surface area (Å²) in [6.07, 6.45) is 2.05. The normalized spacial score (nSPS) is 16.8. The van der Waals surface area contributed by atoms with E-state index in [1.54, 1.807) is 18.2 Å². The van der Waals surface area contributed by atoms with Crippen LogP contribution in [0.3, 0.4) is 0 Å². The Morgan fingerprint density at radius 2 is 2.00 bits per heavy atom. The molecule has 0 saturated carbocycles. The van der Waals surface area contributed by atoms with Crippen LogP contribution in [0.4, 0.5) is 11.4 Å². The Hall–Kier alpha value is -2.98. The summed E-state index contributed by atoms with van der Waals surface area (Å²) in [4.78, 5) is 25.8. The molecule has 0 N–H and O–H groups in total. The number of rotatable bonds is 7. The standard InChI is InChI=1S/C22H27N3O6S/c1-16-6-5-11-24(14-16)20-10-9-18(13-21(20)25(27)28)22(26)31-15-17-7-4-8-19(12-17)32(29,30)23(2)3/h4,7-10,12-13,16H,5-6,11,14-15H2,1-3H3/t16-/m1/s1. The van der Waals surface area contributed by atoms with E-state index in [0.29, 0.717) is 17.2 Å². The second kappa shape index (κ2) is 9.66. The van der Waals surface area contributed by atoms with Crippen LogP contribution in [0.2, 0.25) is 0 Å². The van der Waals surface area contributed by atoms with E-state index in [9.17, 15) is 23.3 Å². The number of anilines is 1. The quantitative estimate of drug-likeness (QED) is 0.353. The first kappa shape index (κ1) is 23.7. The van der Waals surface area contributed by atoms with Crippen molar-refractivity contribution < 1.29 is 22.9 Å². The Bertz CT molecular complexity index is 1120. The van der Waals surface area contributed by atoms with E-state index >= 15 is 0 Å². The van der Waals surface area contributed by atoms with Gasteiger partial charge in [0.05, 0.1) is 15.4 Å². The Kier molecular flexibility index (Phi) is 7.15. The predicted molar refractivity (Wildman–Crippen MR) is 120 cm³/mol. The van der Waals surface area contributed by atoms with Crippen LogP contribution in [0.5, 0.6) is 0 Å². The molecule has 32 heavy (non-hydrogen) atoms. The van der Waals surface area contributed by atoms with Crippen molar-refractivity contribution >= 4 is 27.4 Å². The molecule has 172 valence electrons. The van der Waals surface area contributed by atoms with E-state index in [2.05, 4.69) is 6.92 Å². The molecule has 1 aliphatic rings. The summed E-state index contributed by atoms with van der Waals surface area (Å²) in [6, 6.07) is 10.5. The third-order valence-electron chi connectivity index (χ3n) is 5.45. The van der Waals surface area contributed by atoms with Crippen molar-refractivity contribution in [1.29, 1.82) is 0 Å². The van der Waals surface area contributed by atoms with Gasteiger partial charge >= 0.3 is 5.97 Å². The highest BCUT2D eigenvalue weighted by Crippen LogP contribution is 2.32. The molecule has 0 bridgehead atoms. The molecule has 0 unspecified atom stereocenters. The number of hydrogen-bond acceptors (Lipinski definition) is 7. The first-order valence-electron chi connectivity index (χ1n) is 10.3. The van der Waals surface area contributed by atoms with E-state index < -0.39 is 20.9 Å². The summed E-state index contributed by atoms with van der Waals surface area (Å²) in [6.45, 7) is 3.43. The Balaban J connectivity index is 1.76. The Labute approximate surface area is 187 Å². The minimum absolute atomic E-state index is 0.0718. The van der Waals surface area contributed by atoms with Crippen molar-refractivity contribution in [1.82, 2.24) is 4.31 Å². The van der Waals surface area contributed by atoms with Gasteiger partial charge in [-0.2, -0.15) is 0 Å². The maximum atomic E-state index is 12.5. The van der Waals surface area contributed by atoms with Gasteiger partial charge in [-0.25, -0.2) is 17.5 Å². The number of piperidine rings is 1. The zero-order valence-corrected chi connectivity index (χ0v) is 19.2. The molecule has 1 heterocycles. The van der Waals surface area contributed by atoms with Gasteiger partial charge in [0, 0.05) is 33.3 Å². The van der Waals surface area contributed by atoms with Gasteiger partial charge in [-0.15, -0.1) is 0 Å². The van der Waals surface area contributed by atoms with Crippen LogP contribution in [0.15, 0.2) is 47.4 Å². The fraction of sp³-hybridized carbons (Fsp3) is 0.409. The van der Waals surface area contributed by atoms with Crippen molar-refractivity contribution in [3.8, 4) is 0 Å². The van der Waals surface area contributed by atoms with Crippen LogP contribution in [0, 0.1) is 16.0 Å². The number of hydrogen-bond donors (Lipinski definition) is 0. The molecule has 0 aliphatic carbocycles. The van der Waals surface area contributed by atoms with E-state index in [0.717, 1.165) is 30.2 Å². The number of sulfonamides is 1. The summed E-state index contributed by atoms with van der Waals surface area (Å²) in [7, 11) is -0.744. The third kappa shape index (κ3) is 5.25. The van der Waals surface area contributed by atoms with Gasteiger partial charge < -0.3 is 9.64 Å². The van der Waals surface area contributed by atoms with Crippen LogP contribution in [-0.4, -0.2) is 50.8 Å². The van der Waals surface area contributed by atoms with Gasteiger partial charge in [-0.05, 0) is 48.6 Å². The number of nitrogens with zero attached hydrogens (tertiary/aromatic N) is 3. The van der Waals surface area contributed by atoms with E-state index in [4.69, 9.17) is 4.74 Å². The highest BCUT2D eigenvalue weighted by Gasteiger charge is 2.25. The molecular weight excluding hydrogens is 434 g/mol. The first-order valence-corrected chi connectivity index (χ1v) is 11.8. The zero-order chi connectivity index (χ0) is 23.5. The SMILES string of the molecule is C[C@@H]1CCCN(c2ccc(C(=O)OCc3cccc(S(=O)(=O)N(C)C)c3)cc2[N+](=O)[O-])C1. The molecule has 0 aromatic heterocycles. The summed E-state index contributed by atoms with van der Waals surface area (Å²) in [5, 5.41) is 11.7. The average molecular weight is 462 g/mol. The molecule has 1 aliphatic heterocycles. The number of ether oxygens (including phenoxy) is 1. The molecule has 2 aromatic rings. The molecule has 0 amide bonds. The van der Waals surface area contributed by atoms with Crippen molar-refractivity contribution in [2.24, 2.45) is 5.92 Å². The average Bonchev–Trinajstić information content (AvgIpc) is 2.77. The highest BCUT2D eigenvalue weighted by molar-refractivity contribution is 7.89. The van der Waals surface area contributed by atoms with Crippen LogP contribution in [0.25, 0.3) is 0 Å². The molecular formula is C22H27N3O6S. The van der Waals surface area contributed by atoms with Crippen LogP contribution < -0.4 is 4.90 Å². The van der Waals surface area contributed by atoms with E-state index in [1.165, 1.54) is 38.4 Å². The largest absolute Gasteiger partial charge is 0.457 e. The van der Waals surface area contributed by atoms with Gasteiger partial charge in [0.25, 0.3) is 5.69 Å². The van der Waals surface area contributed by atoms with Crippen molar-refractivity contribution in [3.05, 3.63) is 63.7 Å². The van der Waals surface area contributed by atoms with Crippen LogP contribution in [-0.2, 0) is 21.4 Å².